The third-order valence-corrected chi connectivity index (χ3v) is 6.01. The van der Waals surface area contributed by atoms with E-state index in [1.54, 1.807) is 6.08 Å². The number of hydrogen-bond donors (Lipinski definition) is 1. The number of nitrogens with zero attached hydrogens (tertiary/aromatic N) is 2. The van der Waals surface area contributed by atoms with Gasteiger partial charge in [0.25, 0.3) is 0 Å². The van der Waals surface area contributed by atoms with Gasteiger partial charge in [0.2, 0.25) is 5.91 Å². The number of para-hydroxylation sites is 1. The molecule has 0 aliphatic carbocycles. The van der Waals surface area contributed by atoms with Crippen molar-refractivity contribution in [1.29, 1.82) is 0 Å². The molecule has 1 N–H and O–H groups in total. The summed E-state index contributed by atoms with van der Waals surface area (Å²) in [4.78, 5) is 19.8. The summed E-state index contributed by atoms with van der Waals surface area (Å²) in [7, 11) is 0. The van der Waals surface area contributed by atoms with E-state index in [1.807, 2.05) is 49.4 Å². The van der Waals surface area contributed by atoms with E-state index in [4.69, 9.17) is 9.72 Å². The number of anilines is 2. The van der Waals surface area contributed by atoms with Crippen LogP contribution in [0, 0.1) is 12.8 Å². The van der Waals surface area contributed by atoms with E-state index < -0.39 is 0 Å². The summed E-state index contributed by atoms with van der Waals surface area (Å²) in [6.45, 7) is 9.08. The van der Waals surface area contributed by atoms with Crippen molar-refractivity contribution in [1.82, 2.24) is 4.98 Å². The second-order valence-corrected chi connectivity index (χ2v) is 8.49. The van der Waals surface area contributed by atoms with Crippen molar-refractivity contribution < 1.29 is 9.53 Å². The zero-order valence-electron chi connectivity index (χ0n) is 19.1. The molecule has 5 heteroatoms. The molecular formula is C27H31N3O2. The summed E-state index contributed by atoms with van der Waals surface area (Å²) >= 11 is 0. The Hall–Kier alpha value is -3.34. The number of aromatic nitrogens is 1. The van der Waals surface area contributed by atoms with E-state index in [-0.39, 0.29) is 5.91 Å². The lowest BCUT2D eigenvalue weighted by Crippen LogP contribution is -2.33. The molecule has 32 heavy (non-hydrogen) atoms. The van der Waals surface area contributed by atoms with Crippen LogP contribution in [0.25, 0.3) is 17.0 Å². The van der Waals surface area contributed by atoms with Crippen LogP contribution in [0.4, 0.5) is 11.5 Å². The second-order valence-electron chi connectivity index (χ2n) is 8.49. The van der Waals surface area contributed by atoms with Crippen LogP contribution in [-0.2, 0) is 4.79 Å². The Balaban J connectivity index is 1.48. The number of carbonyl (C=O) groups excluding carboxylic acids is 1. The molecule has 3 aromatic rings. The third kappa shape index (κ3) is 5.10. The van der Waals surface area contributed by atoms with Gasteiger partial charge in [-0.15, -0.1) is 0 Å². The quantitative estimate of drug-likeness (QED) is 0.501. The van der Waals surface area contributed by atoms with E-state index in [0.29, 0.717) is 6.61 Å². The first-order valence-electron chi connectivity index (χ1n) is 11.4. The standard InChI is InChI=1S/C27H31N3O2/c1-4-32-25-8-6-5-7-21(25)9-12-27(31)28-22-10-11-24-23(18-22)20(3)17-26(29-24)30-15-13-19(2)14-16-30/h5-12,17-19H,4,13-16H2,1-3H3,(H,28,31)/b12-9+. The fraction of sp³-hybridized carbons (Fsp3) is 0.333. The van der Waals surface area contributed by atoms with Crippen LogP contribution < -0.4 is 15.0 Å². The Morgan fingerprint density at radius 2 is 1.97 bits per heavy atom. The van der Waals surface area contributed by atoms with Gasteiger partial charge >= 0.3 is 0 Å². The van der Waals surface area contributed by atoms with Crippen LogP contribution in [0.2, 0.25) is 0 Å². The Kier molecular flexibility index (Phi) is 6.74. The number of aryl methyl sites for hydroxylation is 1. The molecule has 1 aliphatic heterocycles. The highest BCUT2D eigenvalue weighted by atomic mass is 16.5. The lowest BCUT2D eigenvalue weighted by atomic mass is 9.99. The van der Waals surface area contributed by atoms with Crippen molar-refractivity contribution in [2.75, 3.05) is 29.9 Å². The monoisotopic (exact) mass is 429 g/mol. The predicted molar refractivity (Wildman–Crippen MR) is 132 cm³/mol. The van der Waals surface area contributed by atoms with Gasteiger partial charge in [-0.25, -0.2) is 4.98 Å². The van der Waals surface area contributed by atoms with E-state index >= 15 is 0 Å². The van der Waals surface area contributed by atoms with E-state index in [1.165, 1.54) is 24.5 Å². The average Bonchev–Trinajstić information content (AvgIpc) is 2.79. The number of hydrogen-bond acceptors (Lipinski definition) is 4. The van der Waals surface area contributed by atoms with Gasteiger partial charge in [0, 0.05) is 35.8 Å². The zero-order valence-corrected chi connectivity index (χ0v) is 19.1. The first-order chi connectivity index (χ1) is 15.5. The highest BCUT2D eigenvalue weighted by Crippen LogP contribution is 2.28. The van der Waals surface area contributed by atoms with Crippen molar-refractivity contribution in [2.24, 2.45) is 5.92 Å². The number of carbonyl (C=O) groups is 1. The summed E-state index contributed by atoms with van der Waals surface area (Å²) in [5.74, 6) is 2.43. The SMILES string of the molecule is CCOc1ccccc1/C=C/C(=O)Nc1ccc2nc(N3CCC(C)CC3)cc(C)c2c1. The van der Waals surface area contributed by atoms with Crippen LogP contribution in [0.5, 0.6) is 5.75 Å². The van der Waals surface area contributed by atoms with Gasteiger partial charge in [0.05, 0.1) is 12.1 Å². The minimum absolute atomic E-state index is 0.180. The number of ether oxygens (including phenoxy) is 1. The molecule has 166 valence electrons. The maximum Gasteiger partial charge on any atom is 0.248 e. The molecule has 0 atom stereocenters. The van der Waals surface area contributed by atoms with Crippen LogP contribution >= 0.6 is 0 Å². The van der Waals surface area contributed by atoms with Crippen LogP contribution in [-0.4, -0.2) is 30.6 Å². The Morgan fingerprint density at radius 3 is 2.75 bits per heavy atom. The average molecular weight is 430 g/mol. The Labute approximate surface area is 190 Å². The van der Waals surface area contributed by atoms with Gasteiger partial charge in [0.15, 0.2) is 0 Å². The minimum Gasteiger partial charge on any atom is -0.493 e. The van der Waals surface area contributed by atoms with E-state index in [9.17, 15) is 4.79 Å². The molecule has 2 aromatic carbocycles. The number of benzene rings is 2. The molecule has 1 aromatic heterocycles. The van der Waals surface area contributed by atoms with Crippen LogP contribution in [0.3, 0.4) is 0 Å². The summed E-state index contributed by atoms with van der Waals surface area (Å²) in [6.07, 6.45) is 5.74. The third-order valence-electron chi connectivity index (χ3n) is 6.01. The Morgan fingerprint density at radius 1 is 1.19 bits per heavy atom. The van der Waals surface area contributed by atoms with E-state index in [2.05, 4.69) is 30.1 Å². The van der Waals surface area contributed by atoms with Crippen LogP contribution in [0.1, 0.15) is 37.8 Å². The molecule has 1 saturated heterocycles. The lowest BCUT2D eigenvalue weighted by molar-refractivity contribution is -0.111. The van der Waals surface area contributed by atoms with Gasteiger partial charge in [-0.3, -0.25) is 4.79 Å². The van der Waals surface area contributed by atoms with Gasteiger partial charge in [0.1, 0.15) is 11.6 Å². The molecule has 0 saturated carbocycles. The molecule has 5 nitrogen and oxygen atoms in total. The number of pyridine rings is 1. The molecule has 1 fully saturated rings. The zero-order chi connectivity index (χ0) is 22.5. The van der Waals surface area contributed by atoms with Crippen molar-refractivity contribution >= 4 is 34.4 Å². The maximum absolute atomic E-state index is 12.5. The molecule has 0 radical (unpaired) electrons. The highest BCUT2D eigenvalue weighted by Gasteiger charge is 2.18. The van der Waals surface area contributed by atoms with Crippen molar-refractivity contribution in [3.63, 3.8) is 0 Å². The summed E-state index contributed by atoms with van der Waals surface area (Å²) in [5.41, 5.74) is 3.76. The fourth-order valence-electron chi connectivity index (χ4n) is 4.11. The number of piperidine rings is 1. The van der Waals surface area contributed by atoms with Crippen molar-refractivity contribution in [3.8, 4) is 5.75 Å². The first-order valence-corrected chi connectivity index (χ1v) is 11.4. The molecule has 0 unspecified atom stereocenters. The summed E-state index contributed by atoms with van der Waals surface area (Å²) in [6, 6.07) is 15.7. The molecule has 2 heterocycles. The summed E-state index contributed by atoms with van der Waals surface area (Å²) < 4.78 is 5.61. The molecule has 0 bridgehead atoms. The second kappa shape index (κ2) is 9.86. The van der Waals surface area contributed by atoms with Gasteiger partial charge in [-0.2, -0.15) is 0 Å². The molecular weight excluding hydrogens is 398 g/mol. The predicted octanol–water partition coefficient (Wildman–Crippen LogP) is 5.83. The smallest absolute Gasteiger partial charge is 0.248 e. The number of fused-ring (bicyclic) bond motifs is 1. The largest absolute Gasteiger partial charge is 0.493 e. The van der Waals surface area contributed by atoms with Gasteiger partial charge < -0.3 is 15.0 Å². The number of nitrogens with one attached hydrogen (secondary N) is 1. The molecule has 0 spiro atoms. The summed E-state index contributed by atoms with van der Waals surface area (Å²) in [5, 5.41) is 4.02. The lowest BCUT2D eigenvalue weighted by Gasteiger charge is -2.31. The fourth-order valence-corrected chi connectivity index (χ4v) is 4.11. The number of rotatable bonds is 6. The molecule has 4 rings (SSSR count). The molecule has 1 amide bonds. The number of amides is 1. The van der Waals surface area contributed by atoms with Gasteiger partial charge in [-0.05, 0) is 74.6 Å². The van der Waals surface area contributed by atoms with Crippen LogP contribution in [0.15, 0.2) is 54.6 Å². The minimum atomic E-state index is -0.180. The Bertz CT molecular complexity index is 1130. The topological polar surface area (TPSA) is 54.5 Å². The van der Waals surface area contributed by atoms with Crippen molar-refractivity contribution in [2.45, 2.75) is 33.6 Å². The highest BCUT2D eigenvalue weighted by molar-refractivity contribution is 6.03. The first kappa shape index (κ1) is 21.9. The maximum atomic E-state index is 12.5. The normalized spacial score (nSPS) is 14.8. The molecule has 1 aliphatic rings. The van der Waals surface area contributed by atoms with Crippen molar-refractivity contribution in [3.05, 3.63) is 65.7 Å². The van der Waals surface area contributed by atoms with E-state index in [0.717, 1.165) is 52.7 Å². The van der Waals surface area contributed by atoms with Gasteiger partial charge in [-0.1, -0.05) is 25.1 Å².